The predicted molar refractivity (Wildman–Crippen MR) is 79.0 cm³/mol. The Morgan fingerprint density at radius 3 is 2.46 bits per heavy atom. The van der Waals surface area contributed by atoms with E-state index in [1.807, 2.05) is 0 Å². The number of aromatic amines is 1. The number of ether oxygens (including phenoxy) is 1. The van der Waals surface area contributed by atoms with E-state index in [0.717, 1.165) is 22.9 Å². The molecular formula is C14H15F3N4O3. The molecule has 2 aromatic rings. The Balaban J connectivity index is 2.29. The monoisotopic (exact) mass is 344 g/mol. The Morgan fingerprint density at radius 2 is 1.96 bits per heavy atom. The third-order valence-electron chi connectivity index (χ3n) is 2.66. The number of aromatic nitrogens is 3. The smallest absolute Gasteiger partial charge is 0.417 e. The van der Waals surface area contributed by atoms with Gasteiger partial charge in [-0.1, -0.05) is 0 Å². The first-order valence-corrected chi connectivity index (χ1v) is 6.81. The van der Waals surface area contributed by atoms with E-state index >= 15 is 0 Å². The lowest BCUT2D eigenvalue weighted by Gasteiger charge is -2.19. The lowest BCUT2D eigenvalue weighted by atomic mass is 10.2. The van der Waals surface area contributed by atoms with Crippen LogP contribution in [-0.2, 0) is 10.9 Å². The lowest BCUT2D eigenvalue weighted by molar-refractivity contribution is -0.137. The number of alkyl halides is 3. The van der Waals surface area contributed by atoms with Gasteiger partial charge in [0.25, 0.3) is 5.56 Å². The second kappa shape index (κ2) is 6.02. The number of nitrogens with one attached hydrogen (secondary N) is 2. The third-order valence-corrected chi connectivity index (χ3v) is 2.66. The Hall–Kier alpha value is -2.78. The van der Waals surface area contributed by atoms with Gasteiger partial charge in [0.05, 0.1) is 5.56 Å². The lowest BCUT2D eigenvalue weighted by Crippen LogP contribution is -2.28. The zero-order valence-corrected chi connectivity index (χ0v) is 13.1. The van der Waals surface area contributed by atoms with Gasteiger partial charge in [0, 0.05) is 12.3 Å². The van der Waals surface area contributed by atoms with Crippen molar-refractivity contribution in [2.75, 3.05) is 5.32 Å². The minimum Gasteiger partial charge on any atom is -0.444 e. The van der Waals surface area contributed by atoms with Gasteiger partial charge < -0.3 is 4.74 Å². The zero-order valence-electron chi connectivity index (χ0n) is 13.1. The maximum Gasteiger partial charge on any atom is 0.417 e. The molecule has 24 heavy (non-hydrogen) atoms. The molecule has 7 nitrogen and oxygen atoms in total. The first kappa shape index (κ1) is 17.6. The van der Waals surface area contributed by atoms with Gasteiger partial charge in [-0.05, 0) is 32.9 Å². The fraction of sp³-hybridized carbons (Fsp3) is 0.357. The van der Waals surface area contributed by atoms with Crippen molar-refractivity contribution in [3.05, 3.63) is 40.3 Å². The van der Waals surface area contributed by atoms with Gasteiger partial charge in [-0.3, -0.25) is 15.2 Å². The molecule has 0 spiro atoms. The number of anilines is 1. The van der Waals surface area contributed by atoms with Crippen LogP contribution in [0, 0.1) is 0 Å². The fourth-order valence-electron chi connectivity index (χ4n) is 1.76. The van der Waals surface area contributed by atoms with Crippen LogP contribution >= 0.6 is 0 Å². The summed E-state index contributed by atoms with van der Waals surface area (Å²) in [6.07, 6.45) is -4.71. The molecule has 10 heteroatoms. The van der Waals surface area contributed by atoms with Crippen LogP contribution in [0.3, 0.4) is 0 Å². The number of rotatable bonds is 2. The molecule has 0 aliphatic rings. The molecule has 0 bridgehead atoms. The van der Waals surface area contributed by atoms with Crippen molar-refractivity contribution >= 4 is 11.9 Å². The van der Waals surface area contributed by atoms with Gasteiger partial charge in [0.15, 0.2) is 5.82 Å². The van der Waals surface area contributed by atoms with Crippen LogP contribution in [0.1, 0.15) is 26.3 Å². The van der Waals surface area contributed by atoms with E-state index in [-0.39, 0.29) is 11.6 Å². The average molecular weight is 344 g/mol. The molecule has 0 unspecified atom stereocenters. The fourth-order valence-corrected chi connectivity index (χ4v) is 1.76. The quantitative estimate of drug-likeness (QED) is 0.877. The molecule has 1 amide bonds. The van der Waals surface area contributed by atoms with E-state index in [1.54, 1.807) is 20.8 Å². The number of nitrogens with zero attached hydrogens (tertiary/aromatic N) is 2. The topological polar surface area (TPSA) is 89.0 Å². The summed E-state index contributed by atoms with van der Waals surface area (Å²) in [7, 11) is 0. The van der Waals surface area contributed by atoms with Crippen LogP contribution in [0.4, 0.5) is 23.8 Å². The van der Waals surface area contributed by atoms with Crippen LogP contribution in [0.25, 0.3) is 5.82 Å². The van der Waals surface area contributed by atoms with Crippen molar-refractivity contribution in [2.45, 2.75) is 32.5 Å². The van der Waals surface area contributed by atoms with Crippen LogP contribution in [0.5, 0.6) is 0 Å². The second-order valence-electron chi connectivity index (χ2n) is 5.87. The Morgan fingerprint density at radius 1 is 1.29 bits per heavy atom. The van der Waals surface area contributed by atoms with E-state index in [0.29, 0.717) is 6.20 Å². The van der Waals surface area contributed by atoms with Crippen molar-refractivity contribution in [2.24, 2.45) is 0 Å². The van der Waals surface area contributed by atoms with Crippen molar-refractivity contribution in [3.63, 3.8) is 0 Å². The number of hydrogen-bond donors (Lipinski definition) is 2. The third kappa shape index (κ3) is 4.37. The Labute approximate surface area is 134 Å². The van der Waals surface area contributed by atoms with Crippen molar-refractivity contribution in [3.8, 4) is 5.82 Å². The number of carbonyl (C=O) groups excluding carboxylic acids is 1. The van der Waals surface area contributed by atoms with E-state index < -0.39 is 29.0 Å². The van der Waals surface area contributed by atoms with Crippen molar-refractivity contribution in [1.82, 2.24) is 14.8 Å². The number of carbonyl (C=O) groups is 1. The number of H-pyrrole nitrogens is 1. The normalized spacial score (nSPS) is 12.1. The highest BCUT2D eigenvalue weighted by Gasteiger charge is 2.30. The molecule has 2 aromatic heterocycles. The molecular weight excluding hydrogens is 329 g/mol. The maximum absolute atomic E-state index is 12.6. The first-order valence-electron chi connectivity index (χ1n) is 6.81. The Bertz CT molecular complexity index is 785. The van der Waals surface area contributed by atoms with Gasteiger partial charge in [-0.15, -0.1) is 0 Å². The van der Waals surface area contributed by atoms with Crippen LogP contribution in [0.2, 0.25) is 0 Å². The molecule has 2 N–H and O–H groups in total. The number of pyridine rings is 1. The van der Waals surface area contributed by atoms with Crippen molar-refractivity contribution in [1.29, 1.82) is 0 Å². The van der Waals surface area contributed by atoms with Crippen molar-refractivity contribution < 1.29 is 22.7 Å². The molecule has 0 radical (unpaired) electrons. The molecule has 0 saturated carbocycles. The van der Waals surface area contributed by atoms with E-state index in [1.165, 1.54) is 0 Å². The van der Waals surface area contributed by atoms with Gasteiger partial charge in [0.2, 0.25) is 0 Å². The van der Waals surface area contributed by atoms with Crippen LogP contribution in [0.15, 0.2) is 29.2 Å². The molecule has 0 aliphatic carbocycles. The average Bonchev–Trinajstić information content (AvgIpc) is 2.76. The first-order chi connectivity index (χ1) is 11.0. The zero-order chi connectivity index (χ0) is 18.1. The second-order valence-corrected chi connectivity index (χ2v) is 5.87. The van der Waals surface area contributed by atoms with Crippen LogP contribution in [-0.4, -0.2) is 26.5 Å². The molecule has 0 saturated heterocycles. The SMILES string of the molecule is CC(C)(C)OC(=O)Nc1cc(=O)[nH]n1-c1ccc(C(F)(F)F)cn1. The highest BCUT2D eigenvalue weighted by atomic mass is 19.4. The molecule has 0 aromatic carbocycles. The molecule has 0 atom stereocenters. The largest absolute Gasteiger partial charge is 0.444 e. The van der Waals surface area contributed by atoms with E-state index in [4.69, 9.17) is 4.74 Å². The summed E-state index contributed by atoms with van der Waals surface area (Å²) in [5.41, 5.74) is -2.25. The van der Waals surface area contributed by atoms with Gasteiger partial charge in [-0.2, -0.15) is 13.2 Å². The summed E-state index contributed by atoms with van der Waals surface area (Å²) in [6, 6.07) is 2.94. The molecule has 2 heterocycles. The summed E-state index contributed by atoms with van der Waals surface area (Å²) in [4.78, 5) is 26.9. The summed E-state index contributed by atoms with van der Waals surface area (Å²) in [6.45, 7) is 4.98. The highest BCUT2D eigenvalue weighted by molar-refractivity contribution is 5.84. The summed E-state index contributed by atoms with van der Waals surface area (Å²) >= 11 is 0. The minimum absolute atomic E-state index is 0.00356. The van der Waals surface area contributed by atoms with Gasteiger partial charge >= 0.3 is 12.3 Å². The standard InChI is InChI=1S/C14H15F3N4O3/c1-13(2,3)24-12(23)19-10-6-11(22)20-21(10)9-5-4-8(7-18-9)14(15,16)17/h4-7H,1-3H3,(H,19,23)(H,20,22). The number of halogens is 3. The molecule has 2 rings (SSSR count). The minimum atomic E-state index is -4.52. The van der Waals surface area contributed by atoms with E-state index in [2.05, 4.69) is 15.4 Å². The van der Waals surface area contributed by atoms with Gasteiger partial charge in [-0.25, -0.2) is 14.5 Å². The Kier molecular flexibility index (Phi) is 4.41. The maximum atomic E-state index is 12.6. The number of amides is 1. The molecule has 0 aliphatic heterocycles. The highest BCUT2D eigenvalue weighted by Crippen LogP contribution is 2.28. The predicted octanol–water partition coefficient (Wildman–Crippen LogP) is 2.93. The van der Waals surface area contributed by atoms with E-state index in [9.17, 15) is 22.8 Å². The molecule has 0 fully saturated rings. The molecule has 130 valence electrons. The summed E-state index contributed by atoms with van der Waals surface area (Å²) in [5.74, 6) is -0.0160. The van der Waals surface area contributed by atoms with Gasteiger partial charge in [0.1, 0.15) is 11.4 Å². The summed E-state index contributed by atoms with van der Waals surface area (Å²) < 4.78 is 43.8. The summed E-state index contributed by atoms with van der Waals surface area (Å²) in [5, 5.41) is 4.67. The number of hydrogen-bond acceptors (Lipinski definition) is 4. The van der Waals surface area contributed by atoms with Crippen LogP contribution < -0.4 is 10.9 Å².